The van der Waals surface area contributed by atoms with E-state index in [2.05, 4.69) is 41.1 Å². The zero-order valence-corrected chi connectivity index (χ0v) is 17.6. The minimum absolute atomic E-state index is 0.171. The fourth-order valence-corrected chi connectivity index (χ4v) is 4.53. The molecule has 0 spiro atoms. The Bertz CT molecular complexity index is 1010. The summed E-state index contributed by atoms with van der Waals surface area (Å²) in [6.07, 6.45) is 1.89. The van der Waals surface area contributed by atoms with Crippen molar-refractivity contribution in [2.75, 3.05) is 20.2 Å². The number of aromatic amines is 1. The number of aryl methyl sites for hydroxylation is 1. The van der Waals surface area contributed by atoms with Crippen LogP contribution in [0.2, 0.25) is 0 Å². The van der Waals surface area contributed by atoms with Crippen molar-refractivity contribution in [2.45, 2.75) is 32.7 Å². The summed E-state index contributed by atoms with van der Waals surface area (Å²) in [5.74, 6) is 1.52. The summed E-state index contributed by atoms with van der Waals surface area (Å²) in [7, 11) is 1.67. The number of hydrogen-bond acceptors (Lipinski definition) is 4. The largest absolute Gasteiger partial charge is 0.497 e. The number of methoxy groups -OCH3 is 1. The van der Waals surface area contributed by atoms with Crippen molar-refractivity contribution in [1.82, 2.24) is 14.9 Å². The lowest BCUT2D eigenvalue weighted by Gasteiger charge is -2.38. The average Bonchev–Trinajstić information content (AvgIpc) is 3.11. The standard InChI is InChI=1S/C24H29N3O3/c1-16-3-8-21-22(11-16)26-23(25-21)12-19-15-27(10-9-18(19)13-24(28)29)14-17-4-6-20(30-2)7-5-17/h3-8,11,18-19H,9-10,12-15H2,1-2H3,(H,25,26)(H,28,29). The molecule has 4 rings (SSSR count). The molecule has 6 nitrogen and oxygen atoms in total. The first-order valence-electron chi connectivity index (χ1n) is 10.5. The fourth-order valence-electron chi connectivity index (χ4n) is 4.53. The topological polar surface area (TPSA) is 78.4 Å². The molecule has 2 aromatic carbocycles. The summed E-state index contributed by atoms with van der Waals surface area (Å²) >= 11 is 0. The van der Waals surface area contributed by atoms with Crippen LogP contribution in [0.4, 0.5) is 0 Å². The van der Waals surface area contributed by atoms with Gasteiger partial charge in [-0.05, 0) is 67.1 Å². The summed E-state index contributed by atoms with van der Waals surface area (Å²) < 4.78 is 5.25. The number of carboxylic acids is 1. The lowest BCUT2D eigenvalue weighted by molar-refractivity contribution is -0.139. The van der Waals surface area contributed by atoms with E-state index in [1.165, 1.54) is 11.1 Å². The highest BCUT2D eigenvalue weighted by Gasteiger charge is 2.31. The SMILES string of the molecule is COc1ccc(CN2CCC(CC(=O)O)C(Cc3nc4ccc(C)cc4[nH]3)C2)cc1. The maximum absolute atomic E-state index is 11.4. The molecule has 2 heterocycles. The fraction of sp³-hybridized carbons (Fsp3) is 0.417. The number of nitrogens with one attached hydrogen (secondary N) is 1. The van der Waals surface area contributed by atoms with Gasteiger partial charge in [-0.15, -0.1) is 0 Å². The number of fused-ring (bicyclic) bond motifs is 1. The minimum atomic E-state index is -0.714. The smallest absolute Gasteiger partial charge is 0.303 e. The van der Waals surface area contributed by atoms with Crippen LogP contribution in [0, 0.1) is 18.8 Å². The lowest BCUT2D eigenvalue weighted by atomic mass is 9.81. The zero-order chi connectivity index (χ0) is 21.1. The number of aliphatic carboxylic acids is 1. The molecule has 1 aliphatic heterocycles. The highest BCUT2D eigenvalue weighted by Crippen LogP contribution is 2.30. The lowest BCUT2D eigenvalue weighted by Crippen LogP contribution is -2.41. The Hall–Kier alpha value is -2.86. The molecule has 6 heteroatoms. The number of likely N-dealkylation sites (tertiary alicyclic amines) is 1. The second kappa shape index (κ2) is 8.88. The number of hydrogen-bond donors (Lipinski definition) is 2. The van der Waals surface area contributed by atoms with E-state index in [9.17, 15) is 9.90 Å². The predicted molar refractivity (Wildman–Crippen MR) is 117 cm³/mol. The summed E-state index contributed by atoms with van der Waals surface area (Å²) in [5.41, 5.74) is 4.46. The second-order valence-electron chi connectivity index (χ2n) is 8.40. The first-order chi connectivity index (χ1) is 14.5. The van der Waals surface area contributed by atoms with Gasteiger partial charge in [0.1, 0.15) is 11.6 Å². The van der Waals surface area contributed by atoms with Gasteiger partial charge in [0.2, 0.25) is 0 Å². The van der Waals surface area contributed by atoms with Crippen molar-refractivity contribution in [1.29, 1.82) is 0 Å². The van der Waals surface area contributed by atoms with Crippen molar-refractivity contribution < 1.29 is 14.6 Å². The van der Waals surface area contributed by atoms with Crippen LogP contribution in [0.15, 0.2) is 42.5 Å². The van der Waals surface area contributed by atoms with Gasteiger partial charge in [-0.25, -0.2) is 4.98 Å². The van der Waals surface area contributed by atoms with E-state index in [1.54, 1.807) is 7.11 Å². The van der Waals surface area contributed by atoms with Crippen LogP contribution in [-0.2, 0) is 17.8 Å². The van der Waals surface area contributed by atoms with Crippen LogP contribution in [0.1, 0.15) is 29.8 Å². The average molecular weight is 408 g/mol. The molecular formula is C24H29N3O3. The van der Waals surface area contributed by atoms with Gasteiger partial charge in [-0.3, -0.25) is 9.69 Å². The van der Waals surface area contributed by atoms with E-state index in [-0.39, 0.29) is 18.3 Å². The first kappa shape index (κ1) is 20.4. The predicted octanol–water partition coefficient (Wildman–Crippen LogP) is 4.04. The molecule has 158 valence electrons. The summed E-state index contributed by atoms with van der Waals surface area (Å²) in [4.78, 5) is 22.1. The van der Waals surface area contributed by atoms with Crippen molar-refractivity contribution in [2.24, 2.45) is 11.8 Å². The molecule has 0 radical (unpaired) electrons. The van der Waals surface area contributed by atoms with E-state index in [4.69, 9.17) is 9.72 Å². The van der Waals surface area contributed by atoms with Gasteiger partial charge >= 0.3 is 5.97 Å². The molecule has 1 aromatic heterocycles. The number of piperidine rings is 1. The maximum Gasteiger partial charge on any atom is 0.303 e. The number of nitrogens with zero attached hydrogens (tertiary/aromatic N) is 2. The maximum atomic E-state index is 11.4. The molecule has 2 atom stereocenters. The van der Waals surface area contributed by atoms with E-state index in [1.807, 2.05) is 18.2 Å². The van der Waals surface area contributed by atoms with E-state index >= 15 is 0 Å². The molecule has 0 saturated carbocycles. The number of benzene rings is 2. The molecule has 0 amide bonds. The number of rotatable bonds is 7. The Morgan fingerprint density at radius 1 is 1.23 bits per heavy atom. The zero-order valence-electron chi connectivity index (χ0n) is 17.6. The molecule has 1 fully saturated rings. The molecule has 1 aliphatic rings. The number of imidazole rings is 1. The Balaban J connectivity index is 1.48. The van der Waals surface area contributed by atoms with Gasteiger partial charge < -0.3 is 14.8 Å². The van der Waals surface area contributed by atoms with Crippen molar-refractivity contribution >= 4 is 17.0 Å². The van der Waals surface area contributed by atoms with Crippen LogP contribution in [0.3, 0.4) is 0 Å². The van der Waals surface area contributed by atoms with Gasteiger partial charge in [0, 0.05) is 25.9 Å². The third-order valence-corrected chi connectivity index (χ3v) is 6.12. The van der Waals surface area contributed by atoms with Gasteiger partial charge in [0.15, 0.2) is 0 Å². The van der Waals surface area contributed by atoms with Crippen LogP contribution in [0.5, 0.6) is 5.75 Å². The third kappa shape index (κ3) is 4.82. The van der Waals surface area contributed by atoms with Crippen molar-refractivity contribution in [3.63, 3.8) is 0 Å². The molecule has 2 N–H and O–H groups in total. The number of carboxylic acid groups (broad SMARTS) is 1. The molecule has 0 bridgehead atoms. The number of ether oxygens (including phenoxy) is 1. The Labute approximate surface area is 176 Å². The number of carbonyl (C=O) groups is 1. The van der Waals surface area contributed by atoms with Crippen molar-refractivity contribution in [3.8, 4) is 5.75 Å². The van der Waals surface area contributed by atoms with E-state index in [0.29, 0.717) is 0 Å². The molecule has 0 aliphatic carbocycles. The third-order valence-electron chi connectivity index (χ3n) is 6.12. The number of aromatic nitrogens is 2. The summed E-state index contributed by atoms with van der Waals surface area (Å²) in [6.45, 7) is 4.72. The van der Waals surface area contributed by atoms with Crippen LogP contribution in [-0.4, -0.2) is 46.1 Å². The molecule has 1 saturated heterocycles. The monoisotopic (exact) mass is 407 g/mol. The van der Waals surface area contributed by atoms with Gasteiger partial charge in [-0.1, -0.05) is 18.2 Å². The van der Waals surface area contributed by atoms with Crippen LogP contribution >= 0.6 is 0 Å². The van der Waals surface area contributed by atoms with Gasteiger partial charge in [0.25, 0.3) is 0 Å². The molecule has 2 unspecified atom stereocenters. The second-order valence-corrected chi connectivity index (χ2v) is 8.40. The Morgan fingerprint density at radius 3 is 2.77 bits per heavy atom. The van der Waals surface area contributed by atoms with E-state index < -0.39 is 5.97 Å². The van der Waals surface area contributed by atoms with E-state index in [0.717, 1.165) is 55.1 Å². The Morgan fingerprint density at radius 2 is 2.03 bits per heavy atom. The van der Waals surface area contributed by atoms with Gasteiger partial charge in [0.05, 0.1) is 18.1 Å². The van der Waals surface area contributed by atoms with Crippen LogP contribution < -0.4 is 4.74 Å². The van der Waals surface area contributed by atoms with Gasteiger partial charge in [-0.2, -0.15) is 0 Å². The minimum Gasteiger partial charge on any atom is -0.497 e. The molecular weight excluding hydrogens is 378 g/mol. The highest BCUT2D eigenvalue weighted by atomic mass is 16.5. The molecule has 30 heavy (non-hydrogen) atoms. The highest BCUT2D eigenvalue weighted by molar-refractivity contribution is 5.75. The summed E-state index contributed by atoms with van der Waals surface area (Å²) in [6, 6.07) is 14.4. The summed E-state index contributed by atoms with van der Waals surface area (Å²) in [5, 5.41) is 9.40. The van der Waals surface area contributed by atoms with Crippen molar-refractivity contribution in [3.05, 3.63) is 59.4 Å². The number of H-pyrrole nitrogens is 1. The normalized spacial score (nSPS) is 19.8. The first-order valence-corrected chi connectivity index (χ1v) is 10.5. The molecule has 3 aromatic rings. The van der Waals surface area contributed by atoms with Crippen LogP contribution in [0.25, 0.3) is 11.0 Å². The quantitative estimate of drug-likeness (QED) is 0.618. The Kier molecular flexibility index (Phi) is 6.04.